The number of aryl methyl sites for hydroxylation is 2. The molecule has 4 aromatic rings. The fourth-order valence-corrected chi connectivity index (χ4v) is 11.7. The van der Waals surface area contributed by atoms with Crippen molar-refractivity contribution < 1.29 is 19.4 Å². The van der Waals surface area contributed by atoms with Crippen LogP contribution in [0.1, 0.15) is 103 Å². The van der Waals surface area contributed by atoms with Crippen LogP contribution in [0.15, 0.2) is 78.9 Å². The van der Waals surface area contributed by atoms with Crippen molar-refractivity contribution in [2.24, 2.45) is 17.8 Å². The van der Waals surface area contributed by atoms with Crippen molar-refractivity contribution in [3.8, 4) is 5.75 Å². The molecule has 0 spiro atoms. The molecule has 0 unspecified atom stereocenters. The minimum Gasteiger partial charge on any atom is -0.480 e. The Morgan fingerprint density at radius 2 is 1.23 bits per heavy atom. The number of ether oxygens (including phenoxy) is 1. The fraction of sp³-hybridized carbons (Fsp3) is 0.547. The highest BCUT2D eigenvalue weighted by atomic mass is 16.5. The van der Waals surface area contributed by atoms with Crippen LogP contribution in [0.4, 0.5) is 11.6 Å². The van der Waals surface area contributed by atoms with Crippen molar-refractivity contribution in [2.45, 2.75) is 88.6 Å². The minimum atomic E-state index is -0.845. The van der Waals surface area contributed by atoms with Gasteiger partial charge in [-0.15, -0.1) is 0 Å². The van der Waals surface area contributed by atoms with Gasteiger partial charge in [-0.3, -0.25) is 14.6 Å². The summed E-state index contributed by atoms with van der Waals surface area (Å²) in [4.78, 5) is 46.3. The third-order valence-electron chi connectivity index (χ3n) is 15.5. The Hall–Kier alpha value is -4.88. The molecule has 0 radical (unpaired) electrons. The number of likely N-dealkylation sites (tertiary alicyclic amines) is 4. The summed E-state index contributed by atoms with van der Waals surface area (Å²) in [5, 5.41) is 17.4. The summed E-state index contributed by atoms with van der Waals surface area (Å²) in [6, 6.07) is 24.9. The van der Waals surface area contributed by atoms with E-state index in [9.17, 15) is 14.7 Å². The minimum absolute atomic E-state index is 0.303. The van der Waals surface area contributed by atoms with E-state index in [0.717, 1.165) is 141 Å². The topological polar surface area (TPSA) is 126 Å². The Kier molecular flexibility index (Phi) is 13.8. The second-order valence-electron chi connectivity index (χ2n) is 20.0. The van der Waals surface area contributed by atoms with E-state index in [1.54, 1.807) is 12.1 Å². The van der Waals surface area contributed by atoms with Gasteiger partial charge in [-0.25, -0.2) is 14.8 Å². The highest BCUT2D eigenvalue weighted by Gasteiger charge is 2.40. The predicted octanol–water partition coefficient (Wildman–Crippen LogP) is 7.44. The second kappa shape index (κ2) is 20.3. The summed E-state index contributed by atoms with van der Waals surface area (Å²) in [5.41, 5.74) is 6.79. The molecule has 2 aromatic carbocycles. The summed E-state index contributed by atoms with van der Waals surface area (Å²) in [5.74, 6) is 3.74. The van der Waals surface area contributed by atoms with Gasteiger partial charge in [-0.2, -0.15) is 0 Å². The standard InChI is InChI=1S/C53H68N8O4/c62-52(63)48(60-30-20-38(21-31-60)33-59-28-22-40(23-29-59)47-17-13-44-9-5-25-55-51(44)57-47)42-11-15-46(16-12-42)65-53(64)49(41-6-2-1-3-7-41)61-35-39(36-61)34-58-26-18-37(19-27-58)32-45-14-10-43-8-4-24-54-50(43)56-45/h1-3,6-7,10-17,37-40,48-49H,4-5,8-9,18-36H2,(H,54,56)(H,55,57)(H,62,63)/t48-,49+/m1/s1. The Bertz CT molecular complexity index is 2230. The fourth-order valence-electron chi connectivity index (χ4n) is 11.7. The number of carboxylic acid groups (broad SMARTS) is 1. The number of hydrogen-bond acceptors (Lipinski definition) is 11. The van der Waals surface area contributed by atoms with Crippen LogP contribution in [-0.4, -0.2) is 125 Å². The number of anilines is 2. The SMILES string of the molecule is O=C(Oc1ccc([C@H](C(=O)O)N2CCC(CN3CCC(c4ccc5c(n4)NCCC5)CC3)CC2)cc1)[C@H](c1ccccc1)N1CC(CN2CCC(Cc3ccc4c(n3)NCCC4)CC2)C1. The number of nitrogens with one attached hydrogen (secondary N) is 2. The zero-order valence-electron chi connectivity index (χ0n) is 38.1. The number of fused-ring (bicyclic) bond motifs is 2. The summed E-state index contributed by atoms with van der Waals surface area (Å²) in [7, 11) is 0. The molecular formula is C53H68N8O4. The third kappa shape index (κ3) is 10.6. The number of aromatic nitrogens is 2. The van der Waals surface area contributed by atoms with Gasteiger partial charge in [-0.05, 0) is 174 Å². The second-order valence-corrected chi connectivity index (χ2v) is 20.0. The van der Waals surface area contributed by atoms with Gasteiger partial charge in [-0.1, -0.05) is 54.6 Å². The molecule has 0 amide bonds. The van der Waals surface area contributed by atoms with E-state index in [1.165, 1.54) is 48.2 Å². The van der Waals surface area contributed by atoms with Crippen molar-refractivity contribution in [3.05, 3.63) is 113 Å². The molecule has 10 rings (SSSR count). The van der Waals surface area contributed by atoms with Crippen LogP contribution in [0, 0.1) is 17.8 Å². The molecule has 0 bridgehead atoms. The average Bonchev–Trinajstić information content (AvgIpc) is 3.33. The lowest BCUT2D eigenvalue weighted by molar-refractivity contribution is -0.145. The van der Waals surface area contributed by atoms with Gasteiger partial charge in [0.15, 0.2) is 0 Å². The first kappa shape index (κ1) is 44.0. The third-order valence-corrected chi connectivity index (χ3v) is 15.5. The molecule has 65 heavy (non-hydrogen) atoms. The van der Waals surface area contributed by atoms with Crippen LogP contribution < -0.4 is 15.4 Å². The van der Waals surface area contributed by atoms with E-state index in [2.05, 4.69) is 54.5 Å². The lowest BCUT2D eigenvalue weighted by atomic mass is 9.89. The van der Waals surface area contributed by atoms with E-state index in [1.807, 2.05) is 42.5 Å². The number of piperidine rings is 3. The van der Waals surface area contributed by atoms with Crippen LogP contribution in [0.3, 0.4) is 0 Å². The molecule has 3 N–H and O–H groups in total. The maximum Gasteiger partial charge on any atom is 0.333 e. The van der Waals surface area contributed by atoms with Gasteiger partial charge >= 0.3 is 11.9 Å². The van der Waals surface area contributed by atoms with Gasteiger partial charge in [0.25, 0.3) is 0 Å². The molecule has 8 heterocycles. The van der Waals surface area contributed by atoms with Crippen LogP contribution >= 0.6 is 0 Å². The zero-order chi connectivity index (χ0) is 44.1. The molecule has 6 aliphatic rings. The van der Waals surface area contributed by atoms with Crippen molar-refractivity contribution in [3.63, 3.8) is 0 Å². The van der Waals surface area contributed by atoms with Crippen molar-refractivity contribution in [1.29, 1.82) is 0 Å². The van der Waals surface area contributed by atoms with Crippen molar-refractivity contribution in [2.75, 3.05) is 89.2 Å². The number of hydrogen-bond donors (Lipinski definition) is 3. The zero-order valence-corrected chi connectivity index (χ0v) is 38.1. The summed E-state index contributed by atoms with van der Waals surface area (Å²) in [6.07, 6.45) is 12.3. The van der Waals surface area contributed by atoms with E-state index in [-0.39, 0.29) is 5.97 Å². The quantitative estimate of drug-likeness (QED) is 0.0861. The van der Waals surface area contributed by atoms with Crippen LogP contribution in [0.25, 0.3) is 0 Å². The Morgan fingerprint density at radius 1 is 0.631 bits per heavy atom. The summed E-state index contributed by atoms with van der Waals surface area (Å²) >= 11 is 0. The largest absolute Gasteiger partial charge is 0.480 e. The predicted molar refractivity (Wildman–Crippen MR) is 254 cm³/mol. The van der Waals surface area contributed by atoms with E-state index in [0.29, 0.717) is 35.0 Å². The molecule has 6 aliphatic heterocycles. The molecule has 12 heteroatoms. The van der Waals surface area contributed by atoms with E-state index in [4.69, 9.17) is 14.7 Å². The smallest absolute Gasteiger partial charge is 0.333 e. The molecule has 0 aliphatic carbocycles. The number of carbonyl (C=O) groups is 2. The number of aliphatic carboxylic acids is 1. The summed E-state index contributed by atoms with van der Waals surface area (Å²) < 4.78 is 6.07. The Morgan fingerprint density at radius 3 is 1.91 bits per heavy atom. The summed E-state index contributed by atoms with van der Waals surface area (Å²) in [6.45, 7) is 11.8. The van der Waals surface area contributed by atoms with Crippen LogP contribution in [-0.2, 0) is 28.9 Å². The van der Waals surface area contributed by atoms with Gasteiger partial charge in [0.05, 0.1) is 0 Å². The van der Waals surface area contributed by atoms with Crippen LogP contribution in [0.5, 0.6) is 5.75 Å². The van der Waals surface area contributed by atoms with Gasteiger partial charge in [0, 0.05) is 56.6 Å². The molecule has 2 aromatic heterocycles. The number of carboxylic acids is 1. The molecule has 344 valence electrons. The first-order valence-electron chi connectivity index (χ1n) is 24.9. The van der Waals surface area contributed by atoms with Crippen LogP contribution in [0.2, 0.25) is 0 Å². The number of carbonyl (C=O) groups excluding carboxylic acids is 1. The van der Waals surface area contributed by atoms with Gasteiger partial charge in [0.2, 0.25) is 0 Å². The normalized spacial score (nSPS) is 21.8. The highest BCUT2D eigenvalue weighted by molar-refractivity contribution is 5.80. The average molecular weight is 881 g/mol. The molecule has 2 atom stereocenters. The Labute approximate surface area is 385 Å². The number of nitrogens with zero attached hydrogens (tertiary/aromatic N) is 6. The number of esters is 1. The molecule has 4 saturated heterocycles. The van der Waals surface area contributed by atoms with Crippen molar-refractivity contribution in [1.82, 2.24) is 29.6 Å². The maximum absolute atomic E-state index is 14.0. The van der Waals surface area contributed by atoms with E-state index >= 15 is 0 Å². The van der Waals surface area contributed by atoms with Gasteiger partial charge < -0.3 is 30.3 Å². The molecule has 4 fully saturated rings. The highest BCUT2D eigenvalue weighted by Crippen LogP contribution is 2.35. The molecule has 12 nitrogen and oxygen atoms in total. The Balaban J connectivity index is 0.679. The molecular weight excluding hydrogens is 813 g/mol. The van der Waals surface area contributed by atoms with Gasteiger partial charge in [0.1, 0.15) is 29.5 Å². The number of rotatable bonds is 14. The van der Waals surface area contributed by atoms with E-state index < -0.39 is 18.1 Å². The molecule has 0 saturated carbocycles. The monoisotopic (exact) mass is 881 g/mol. The number of benzene rings is 2. The first-order valence-corrected chi connectivity index (χ1v) is 24.9. The number of pyridine rings is 2. The van der Waals surface area contributed by atoms with Crippen molar-refractivity contribution >= 4 is 23.6 Å². The maximum atomic E-state index is 14.0. The first-order chi connectivity index (χ1) is 31.9. The lowest BCUT2D eigenvalue weighted by Gasteiger charge is -2.46. The lowest BCUT2D eigenvalue weighted by Crippen LogP contribution is -2.55.